The second-order valence-electron chi connectivity index (χ2n) is 6.62. The molecule has 1 N–H and O–H groups in total. The van der Waals surface area contributed by atoms with Gasteiger partial charge in [-0.1, -0.05) is 11.6 Å². The minimum absolute atomic E-state index is 0.101. The van der Waals surface area contributed by atoms with E-state index >= 15 is 0 Å². The summed E-state index contributed by atoms with van der Waals surface area (Å²) in [5, 5.41) is 3.89. The second kappa shape index (κ2) is 7.43. The van der Waals surface area contributed by atoms with Crippen molar-refractivity contribution < 1.29 is 9.59 Å². The molecule has 6 heteroatoms. The lowest BCUT2D eigenvalue weighted by molar-refractivity contribution is -0.130. The van der Waals surface area contributed by atoms with Gasteiger partial charge in [0.2, 0.25) is 11.8 Å². The third-order valence-electron chi connectivity index (χ3n) is 5.00. The van der Waals surface area contributed by atoms with Crippen molar-refractivity contribution in [3.8, 4) is 0 Å². The molecule has 2 aliphatic rings. The monoisotopic (exact) mass is 349 g/mol. The van der Waals surface area contributed by atoms with Crippen molar-refractivity contribution in [2.45, 2.75) is 44.7 Å². The zero-order valence-electron chi connectivity index (χ0n) is 14.0. The molecule has 1 aromatic rings. The number of likely N-dealkylation sites (tertiary alicyclic amines) is 1. The van der Waals surface area contributed by atoms with Crippen LogP contribution in [-0.4, -0.2) is 48.4 Å². The number of benzene rings is 1. The van der Waals surface area contributed by atoms with Gasteiger partial charge in [0.1, 0.15) is 6.04 Å². The molecule has 2 fully saturated rings. The molecule has 1 atom stereocenters. The molecule has 1 unspecified atom stereocenters. The number of carbonyl (C=O) groups excluding carboxylic acids is 2. The van der Waals surface area contributed by atoms with Gasteiger partial charge in [0.15, 0.2) is 0 Å². The number of rotatable bonds is 3. The van der Waals surface area contributed by atoms with Gasteiger partial charge in [-0.2, -0.15) is 0 Å². The molecule has 0 saturated carbocycles. The molecule has 0 aliphatic carbocycles. The minimum atomic E-state index is -0.114. The maximum atomic E-state index is 12.7. The van der Waals surface area contributed by atoms with Gasteiger partial charge in [-0.3, -0.25) is 9.59 Å². The van der Waals surface area contributed by atoms with E-state index in [-0.39, 0.29) is 23.9 Å². The van der Waals surface area contributed by atoms with Crippen molar-refractivity contribution in [1.29, 1.82) is 0 Å². The van der Waals surface area contributed by atoms with Gasteiger partial charge >= 0.3 is 0 Å². The smallest absolute Gasteiger partial charge is 0.242 e. The Labute approximate surface area is 147 Å². The lowest BCUT2D eigenvalue weighted by Gasteiger charge is -2.33. The van der Waals surface area contributed by atoms with Gasteiger partial charge in [-0.15, -0.1) is 0 Å². The molecule has 130 valence electrons. The fraction of sp³-hybridized carbons (Fsp3) is 0.556. The zero-order chi connectivity index (χ0) is 17.1. The summed E-state index contributed by atoms with van der Waals surface area (Å²) in [6.07, 6.45) is 3.56. The van der Waals surface area contributed by atoms with Crippen molar-refractivity contribution in [2.75, 3.05) is 24.5 Å². The van der Waals surface area contributed by atoms with E-state index in [1.54, 1.807) is 6.92 Å². The van der Waals surface area contributed by atoms with E-state index in [4.69, 9.17) is 11.6 Å². The maximum Gasteiger partial charge on any atom is 0.242 e. The Hall–Kier alpha value is -1.75. The average Bonchev–Trinajstić information content (AvgIpc) is 3.06. The summed E-state index contributed by atoms with van der Waals surface area (Å²) in [6.45, 7) is 3.95. The Kier molecular flexibility index (Phi) is 5.29. The number of halogens is 1. The molecular weight excluding hydrogens is 326 g/mol. The van der Waals surface area contributed by atoms with Crippen LogP contribution in [-0.2, 0) is 9.59 Å². The highest BCUT2D eigenvalue weighted by atomic mass is 35.5. The predicted molar refractivity (Wildman–Crippen MR) is 95.2 cm³/mol. The van der Waals surface area contributed by atoms with E-state index in [2.05, 4.69) is 10.2 Å². The number of carbonyl (C=O) groups is 2. The van der Waals surface area contributed by atoms with E-state index in [0.717, 1.165) is 51.0 Å². The van der Waals surface area contributed by atoms with Crippen LogP contribution in [0.15, 0.2) is 24.3 Å². The molecule has 0 bridgehead atoms. The first-order valence-corrected chi connectivity index (χ1v) is 9.00. The summed E-state index contributed by atoms with van der Waals surface area (Å²) in [7, 11) is 0. The first-order chi connectivity index (χ1) is 11.5. The van der Waals surface area contributed by atoms with Crippen molar-refractivity contribution >= 4 is 29.1 Å². The molecule has 2 saturated heterocycles. The summed E-state index contributed by atoms with van der Waals surface area (Å²) in [6, 6.07) is 7.72. The van der Waals surface area contributed by atoms with Crippen LogP contribution in [0.5, 0.6) is 0 Å². The molecular formula is C18H24ClN3O2. The van der Waals surface area contributed by atoms with Crippen LogP contribution in [0.4, 0.5) is 5.69 Å². The van der Waals surface area contributed by atoms with Crippen LogP contribution in [0.1, 0.15) is 32.6 Å². The van der Waals surface area contributed by atoms with Crippen molar-refractivity contribution in [3.05, 3.63) is 29.3 Å². The van der Waals surface area contributed by atoms with E-state index in [9.17, 15) is 9.59 Å². The first kappa shape index (κ1) is 17.1. The molecule has 2 amide bonds. The van der Waals surface area contributed by atoms with Gasteiger partial charge in [0, 0.05) is 43.3 Å². The number of piperidine rings is 1. The topological polar surface area (TPSA) is 52.7 Å². The van der Waals surface area contributed by atoms with E-state index in [1.165, 1.54) is 0 Å². The van der Waals surface area contributed by atoms with Crippen molar-refractivity contribution in [2.24, 2.45) is 0 Å². The van der Waals surface area contributed by atoms with Gasteiger partial charge in [0.05, 0.1) is 0 Å². The number of nitrogens with one attached hydrogen (secondary N) is 1. The summed E-state index contributed by atoms with van der Waals surface area (Å²) >= 11 is 5.95. The summed E-state index contributed by atoms with van der Waals surface area (Å²) in [5.74, 6) is 0.216. The minimum Gasteiger partial charge on any atom is -0.360 e. The number of hydrogen-bond donors (Lipinski definition) is 1. The van der Waals surface area contributed by atoms with E-state index in [0.29, 0.717) is 5.02 Å². The molecule has 1 aromatic carbocycles. The largest absolute Gasteiger partial charge is 0.360 e. The molecule has 2 aliphatic heterocycles. The highest BCUT2D eigenvalue weighted by Crippen LogP contribution is 2.27. The highest BCUT2D eigenvalue weighted by molar-refractivity contribution is 6.30. The lowest BCUT2D eigenvalue weighted by Crippen LogP contribution is -2.51. The Morgan fingerprint density at radius 2 is 1.75 bits per heavy atom. The molecule has 2 heterocycles. The number of amides is 2. The van der Waals surface area contributed by atoms with Crippen LogP contribution in [0.3, 0.4) is 0 Å². The molecule has 3 rings (SSSR count). The lowest BCUT2D eigenvalue weighted by atomic mass is 10.0. The second-order valence-corrected chi connectivity index (χ2v) is 7.05. The first-order valence-electron chi connectivity index (χ1n) is 8.62. The standard InChI is InChI=1S/C18H24ClN3O2/c1-13(23)21-11-8-15(9-12-21)20-18(24)17-3-2-10-22(17)16-6-4-14(19)5-7-16/h4-7,15,17H,2-3,8-12H2,1H3,(H,20,24). The van der Waals surface area contributed by atoms with Crippen LogP contribution in [0.25, 0.3) is 0 Å². The fourth-order valence-corrected chi connectivity index (χ4v) is 3.74. The third kappa shape index (κ3) is 3.83. The van der Waals surface area contributed by atoms with Gasteiger partial charge in [0.25, 0.3) is 0 Å². The Morgan fingerprint density at radius 1 is 1.08 bits per heavy atom. The van der Waals surface area contributed by atoms with Crippen molar-refractivity contribution in [1.82, 2.24) is 10.2 Å². The molecule has 0 spiro atoms. The van der Waals surface area contributed by atoms with Gasteiger partial charge in [-0.25, -0.2) is 0 Å². The SMILES string of the molecule is CC(=O)N1CCC(NC(=O)C2CCCN2c2ccc(Cl)cc2)CC1. The predicted octanol–water partition coefficient (Wildman–Crippen LogP) is 2.44. The van der Waals surface area contributed by atoms with Crippen molar-refractivity contribution in [3.63, 3.8) is 0 Å². The summed E-state index contributed by atoms with van der Waals surface area (Å²) in [4.78, 5) is 28.1. The van der Waals surface area contributed by atoms with Crippen LogP contribution >= 0.6 is 11.6 Å². The van der Waals surface area contributed by atoms with E-state index in [1.807, 2.05) is 29.2 Å². The average molecular weight is 350 g/mol. The van der Waals surface area contributed by atoms with Gasteiger partial charge < -0.3 is 15.1 Å². The third-order valence-corrected chi connectivity index (χ3v) is 5.25. The molecule has 24 heavy (non-hydrogen) atoms. The Morgan fingerprint density at radius 3 is 2.38 bits per heavy atom. The molecule has 5 nitrogen and oxygen atoms in total. The number of hydrogen-bond acceptors (Lipinski definition) is 3. The molecule has 0 aromatic heterocycles. The maximum absolute atomic E-state index is 12.7. The van der Waals surface area contributed by atoms with Crippen LogP contribution in [0, 0.1) is 0 Å². The number of nitrogens with zero attached hydrogens (tertiary/aromatic N) is 2. The zero-order valence-corrected chi connectivity index (χ0v) is 14.8. The summed E-state index contributed by atoms with van der Waals surface area (Å²) < 4.78 is 0. The Balaban J connectivity index is 1.58. The summed E-state index contributed by atoms with van der Waals surface area (Å²) in [5.41, 5.74) is 1.04. The fourth-order valence-electron chi connectivity index (χ4n) is 3.62. The Bertz CT molecular complexity index is 597. The normalized spacial score (nSPS) is 21.8. The highest BCUT2D eigenvalue weighted by Gasteiger charge is 2.32. The molecule has 0 radical (unpaired) electrons. The van der Waals surface area contributed by atoms with Crippen LogP contribution in [0.2, 0.25) is 5.02 Å². The van der Waals surface area contributed by atoms with E-state index < -0.39 is 0 Å². The number of anilines is 1. The quantitative estimate of drug-likeness (QED) is 0.911. The van der Waals surface area contributed by atoms with Crippen LogP contribution < -0.4 is 10.2 Å². The van der Waals surface area contributed by atoms with Gasteiger partial charge in [-0.05, 0) is 49.9 Å².